The number of hydrogen-bond donors (Lipinski definition) is 3. The van der Waals surface area contributed by atoms with Crippen LogP contribution in [-0.2, 0) is 24.0 Å². The molecule has 0 rings (SSSR count). The summed E-state index contributed by atoms with van der Waals surface area (Å²) in [4.78, 5) is 1.79. The summed E-state index contributed by atoms with van der Waals surface area (Å²) < 4.78 is 45.2. The van der Waals surface area contributed by atoms with E-state index in [2.05, 4.69) is 42.9 Å². The highest BCUT2D eigenvalue weighted by molar-refractivity contribution is 7.84. The topological polar surface area (TPSA) is 118 Å². The van der Waals surface area contributed by atoms with Gasteiger partial charge in [0, 0.05) is 39.4 Å². The van der Waals surface area contributed by atoms with Gasteiger partial charge in [-0.15, -0.1) is 0 Å². The zero-order chi connectivity index (χ0) is 40.2. The molecule has 0 saturated carbocycles. The first-order valence-electron chi connectivity index (χ1n) is 23.1. The van der Waals surface area contributed by atoms with E-state index in [-0.39, 0.29) is 33.0 Å². The van der Waals surface area contributed by atoms with Crippen LogP contribution < -0.4 is 4.72 Å². The molecule has 0 aromatic rings. The van der Waals surface area contributed by atoms with Crippen LogP contribution in [0, 0.1) is 0 Å². The zero-order valence-corrected chi connectivity index (χ0v) is 36.9. The Morgan fingerprint density at radius 2 is 0.855 bits per heavy atom. The molecule has 3 N–H and O–H groups in total. The summed E-state index contributed by atoms with van der Waals surface area (Å²) in [6.45, 7) is 7.04. The van der Waals surface area contributed by atoms with Gasteiger partial charge in [-0.3, -0.25) is 4.90 Å². The summed E-state index contributed by atoms with van der Waals surface area (Å²) in [6, 6.07) is 0. The van der Waals surface area contributed by atoms with Gasteiger partial charge in [-0.25, -0.2) is 4.18 Å². The Kier molecular flexibility index (Phi) is 43.6. The monoisotopic (exact) mass is 803 g/mol. The SMILES string of the molecule is CCCCCCCC/C=C\CCCCCCCCOCC(COCCCCCCCC/C=C\CCCCCCCC)OS(=O)(=O)NCCN(CCO)CCO. The lowest BCUT2D eigenvalue weighted by Crippen LogP contribution is -2.40. The molecule has 0 aliphatic carbocycles. The summed E-state index contributed by atoms with van der Waals surface area (Å²) in [5, 5.41) is 18.4. The average molecular weight is 803 g/mol. The predicted octanol–water partition coefficient (Wildman–Crippen LogP) is 10.6. The van der Waals surface area contributed by atoms with Gasteiger partial charge in [0.25, 0.3) is 0 Å². The third kappa shape index (κ3) is 42.6. The Labute approximate surface area is 341 Å². The van der Waals surface area contributed by atoms with Crippen molar-refractivity contribution in [3.63, 3.8) is 0 Å². The zero-order valence-electron chi connectivity index (χ0n) is 36.0. The van der Waals surface area contributed by atoms with Gasteiger partial charge in [-0.2, -0.15) is 13.1 Å². The van der Waals surface area contributed by atoms with Gasteiger partial charge in [-0.1, -0.05) is 154 Å². The van der Waals surface area contributed by atoms with E-state index in [1.54, 1.807) is 4.90 Å². The molecule has 0 atom stereocenters. The first-order valence-corrected chi connectivity index (χ1v) is 24.5. The van der Waals surface area contributed by atoms with E-state index in [4.69, 9.17) is 13.7 Å². The van der Waals surface area contributed by atoms with E-state index in [0.717, 1.165) is 25.7 Å². The van der Waals surface area contributed by atoms with Crippen LogP contribution >= 0.6 is 0 Å². The molecule has 0 unspecified atom stereocenters. The van der Waals surface area contributed by atoms with Crippen LogP contribution in [0.3, 0.4) is 0 Å². The van der Waals surface area contributed by atoms with Crippen LogP contribution in [0.15, 0.2) is 24.3 Å². The molecule has 0 aliphatic rings. The number of hydrogen-bond acceptors (Lipinski definition) is 8. The number of nitrogens with one attached hydrogen (secondary N) is 1. The lowest BCUT2D eigenvalue weighted by Gasteiger charge is -2.21. The summed E-state index contributed by atoms with van der Waals surface area (Å²) in [7, 11) is -4.03. The van der Waals surface area contributed by atoms with Gasteiger partial charge in [0.15, 0.2) is 0 Å². The number of aliphatic hydroxyl groups excluding tert-OH is 2. The van der Waals surface area contributed by atoms with Crippen molar-refractivity contribution in [2.24, 2.45) is 0 Å². The molecule has 10 heteroatoms. The number of rotatable bonds is 46. The van der Waals surface area contributed by atoms with E-state index in [1.165, 1.54) is 154 Å². The van der Waals surface area contributed by atoms with E-state index < -0.39 is 16.4 Å². The molecular formula is C45H90N2O7S. The van der Waals surface area contributed by atoms with Gasteiger partial charge in [0.2, 0.25) is 0 Å². The third-order valence-electron chi connectivity index (χ3n) is 10.0. The minimum atomic E-state index is -4.03. The fourth-order valence-corrected chi connectivity index (χ4v) is 7.48. The minimum absolute atomic E-state index is 0.0615. The second-order valence-electron chi connectivity index (χ2n) is 15.4. The van der Waals surface area contributed by atoms with Crippen LogP contribution in [0.1, 0.15) is 194 Å². The largest absolute Gasteiger partial charge is 0.395 e. The molecule has 0 aromatic carbocycles. The fourth-order valence-electron chi connectivity index (χ4n) is 6.60. The lowest BCUT2D eigenvalue weighted by atomic mass is 10.1. The summed E-state index contributed by atoms with van der Waals surface area (Å²) in [5.74, 6) is 0. The Balaban J connectivity index is 4.25. The third-order valence-corrected chi connectivity index (χ3v) is 11.1. The molecule has 0 bridgehead atoms. The lowest BCUT2D eigenvalue weighted by molar-refractivity contribution is -0.00578. The second-order valence-corrected chi connectivity index (χ2v) is 16.8. The average Bonchev–Trinajstić information content (AvgIpc) is 3.16. The summed E-state index contributed by atoms with van der Waals surface area (Å²) in [5.41, 5.74) is 0. The predicted molar refractivity (Wildman–Crippen MR) is 233 cm³/mol. The van der Waals surface area contributed by atoms with Crippen molar-refractivity contribution in [2.75, 3.05) is 65.8 Å². The molecule has 0 spiro atoms. The van der Waals surface area contributed by atoms with Gasteiger partial charge in [-0.05, 0) is 64.2 Å². The van der Waals surface area contributed by atoms with Crippen molar-refractivity contribution in [2.45, 2.75) is 200 Å². The van der Waals surface area contributed by atoms with Crippen LogP contribution in [0.25, 0.3) is 0 Å². The maximum Gasteiger partial charge on any atom is 0.336 e. The molecule has 328 valence electrons. The number of allylic oxidation sites excluding steroid dienone is 4. The van der Waals surface area contributed by atoms with E-state index in [1.807, 2.05) is 0 Å². The second kappa shape index (κ2) is 44.3. The van der Waals surface area contributed by atoms with E-state index >= 15 is 0 Å². The molecule has 0 radical (unpaired) electrons. The van der Waals surface area contributed by atoms with Crippen molar-refractivity contribution >= 4 is 10.3 Å². The Morgan fingerprint density at radius 3 is 1.22 bits per heavy atom. The standard InChI is InChI=1S/C45H90N2O7S/c1-3-5-7-9-11-13-15-17-19-21-23-25-27-29-31-33-41-52-43-45(54-55(50,51)46-35-36-47(37-39-48)38-40-49)44-53-42-34-32-30-28-26-24-22-20-18-16-14-12-10-8-6-4-2/h17-20,45-46,48-49H,3-16,21-44H2,1-2H3/b19-17-,20-18-. The molecule has 0 heterocycles. The highest BCUT2D eigenvalue weighted by Crippen LogP contribution is 2.12. The molecule has 0 saturated heterocycles. The maximum atomic E-state index is 12.8. The molecule has 0 amide bonds. The normalized spacial score (nSPS) is 12.5. The minimum Gasteiger partial charge on any atom is -0.395 e. The van der Waals surface area contributed by atoms with E-state index in [0.29, 0.717) is 32.8 Å². The van der Waals surface area contributed by atoms with Crippen LogP contribution in [0.2, 0.25) is 0 Å². The summed E-state index contributed by atoms with van der Waals surface area (Å²) in [6.07, 6.45) is 43.8. The first-order chi connectivity index (χ1) is 27.0. The van der Waals surface area contributed by atoms with Crippen molar-refractivity contribution in [1.82, 2.24) is 9.62 Å². The molecule has 55 heavy (non-hydrogen) atoms. The Morgan fingerprint density at radius 1 is 0.509 bits per heavy atom. The summed E-state index contributed by atoms with van der Waals surface area (Å²) >= 11 is 0. The molecule has 0 fully saturated rings. The van der Waals surface area contributed by atoms with Crippen LogP contribution in [-0.4, -0.2) is 95.5 Å². The van der Waals surface area contributed by atoms with Crippen molar-refractivity contribution in [3.05, 3.63) is 24.3 Å². The number of aliphatic hydroxyl groups is 2. The van der Waals surface area contributed by atoms with Crippen molar-refractivity contribution < 1.29 is 32.3 Å². The number of unbranched alkanes of at least 4 members (excludes halogenated alkanes) is 24. The van der Waals surface area contributed by atoms with Gasteiger partial charge in [0.1, 0.15) is 6.10 Å². The quantitative estimate of drug-likeness (QED) is 0.0411. The van der Waals surface area contributed by atoms with Crippen molar-refractivity contribution in [1.29, 1.82) is 0 Å². The Bertz CT molecular complexity index is 867. The number of nitrogens with zero attached hydrogens (tertiary/aromatic N) is 1. The van der Waals surface area contributed by atoms with Gasteiger partial charge < -0.3 is 19.7 Å². The van der Waals surface area contributed by atoms with Crippen LogP contribution in [0.4, 0.5) is 0 Å². The highest BCUT2D eigenvalue weighted by atomic mass is 32.2. The Hall–Kier alpha value is -0.850. The molecular weight excluding hydrogens is 713 g/mol. The molecule has 0 aliphatic heterocycles. The molecule has 9 nitrogen and oxygen atoms in total. The maximum absolute atomic E-state index is 12.8. The number of ether oxygens (including phenoxy) is 2. The van der Waals surface area contributed by atoms with Crippen molar-refractivity contribution in [3.8, 4) is 0 Å². The fraction of sp³-hybridized carbons (Fsp3) is 0.911. The van der Waals surface area contributed by atoms with Gasteiger partial charge >= 0.3 is 10.3 Å². The highest BCUT2D eigenvalue weighted by Gasteiger charge is 2.20. The van der Waals surface area contributed by atoms with Gasteiger partial charge in [0.05, 0.1) is 26.4 Å². The van der Waals surface area contributed by atoms with Crippen LogP contribution in [0.5, 0.6) is 0 Å². The smallest absolute Gasteiger partial charge is 0.336 e. The molecule has 0 aromatic heterocycles. The van der Waals surface area contributed by atoms with E-state index in [9.17, 15) is 18.6 Å². The first kappa shape index (κ1) is 54.2.